The zero-order valence-corrected chi connectivity index (χ0v) is 6.90. The molecule has 78 valence electrons. The molecule has 0 amide bonds. The monoisotopic (exact) mass is 201 g/mol. The van der Waals surface area contributed by atoms with Crippen LogP contribution in [0.3, 0.4) is 0 Å². The van der Waals surface area contributed by atoms with E-state index in [1.165, 1.54) is 0 Å². The summed E-state index contributed by atoms with van der Waals surface area (Å²) in [7, 11) is 0. The van der Waals surface area contributed by atoms with Crippen molar-refractivity contribution >= 4 is 0 Å². The first kappa shape index (κ1) is 10.7. The van der Waals surface area contributed by atoms with Crippen LogP contribution in [0.4, 0.5) is 17.6 Å². The molecule has 0 saturated carbocycles. The predicted molar refractivity (Wildman–Crippen MR) is 38.2 cm³/mol. The molecular weight excluding hydrogens is 190 g/mol. The number of piperidine rings is 1. The molecule has 0 radical (unpaired) electrons. The lowest BCUT2D eigenvalue weighted by Gasteiger charge is -2.31. The van der Waals surface area contributed by atoms with Crippen molar-refractivity contribution in [1.82, 2.24) is 5.32 Å². The average molecular weight is 201 g/mol. The van der Waals surface area contributed by atoms with Gasteiger partial charge in [-0.25, -0.2) is 17.6 Å². The topological polar surface area (TPSA) is 21.3 Å². The van der Waals surface area contributed by atoms with Crippen LogP contribution in [-0.2, 0) is 4.74 Å². The van der Waals surface area contributed by atoms with Crippen molar-refractivity contribution in [3.63, 3.8) is 0 Å². The summed E-state index contributed by atoms with van der Waals surface area (Å²) < 4.78 is 53.5. The maximum absolute atomic E-state index is 12.9. The van der Waals surface area contributed by atoms with Gasteiger partial charge in [-0.05, 0) is 13.0 Å². The molecule has 0 spiro atoms. The fourth-order valence-corrected chi connectivity index (χ4v) is 1.21. The highest BCUT2D eigenvalue weighted by atomic mass is 19.3. The van der Waals surface area contributed by atoms with Crippen molar-refractivity contribution < 1.29 is 22.3 Å². The van der Waals surface area contributed by atoms with Gasteiger partial charge in [0.25, 0.3) is 12.3 Å². The minimum atomic E-state index is -3.03. The Bertz CT molecular complexity index is 165. The molecule has 1 aliphatic rings. The SMILES string of the molecule is FC(F)COC1CCNCC1(F)F. The molecule has 0 aromatic heterocycles. The highest BCUT2D eigenvalue weighted by Gasteiger charge is 2.42. The zero-order valence-electron chi connectivity index (χ0n) is 6.90. The maximum atomic E-state index is 12.9. The first-order chi connectivity index (χ1) is 6.02. The van der Waals surface area contributed by atoms with Gasteiger partial charge in [0.05, 0.1) is 6.54 Å². The van der Waals surface area contributed by atoms with E-state index in [4.69, 9.17) is 0 Å². The zero-order chi connectivity index (χ0) is 9.90. The Balaban J connectivity index is 2.37. The number of alkyl halides is 4. The quantitative estimate of drug-likeness (QED) is 0.694. The normalized spacial score (nSPS) is 27.9. The molecule has 1 N–H and O–H groups in total. The summed E-state index contributed by atoms with van der Waals surface area (Å²) in [6.45, 7) is -1.04. The van der Waals surface area contributed by atoms with E-state index >= 15 is 0 Å². The maximum Gasteiger partial charge on any atom is 0.285 e. The van der Waals surface area contributed by atoms with Crippen molar-refractivity contribution in [3.05, 3.63) is 0 Å². The van der Waals surface area contributed by atoms with Gasteiger partial charge in [-0.1, -0.05) is 0 Å². The standard InChI is InChI=1S/C7H11F4NO/c8-6(9)3-13-5-1-2-12-4-7(5,10)11/h5-6,12H,1-4H2. The van der Waals surface area contributed by atoms with Gasteiger partial charge < -0.3 is 10.1 Å². The van der Waals surface area contributed by atoms with E-state index in [0.717, 1.165) is 0 Å². The number of ether oxygens (including phenoxy) is 1. The molecule has 0 bridgehead atoms. The molecule has 1 aliphatic heterocycles. The van der Waals surface area contributed by atoms with Gasteiger partial charge in [0.15, 0.2) is 0 Å². The van der Waals surface area contributed by atoms with Crippen LogP contribution < -0.4 is 5.32 Å². The second-order valence-corrected chi connectivity index (χ2v) is 2.94. The molecule has 1 rings (SSSR count). The van der Waals surface area contributed by atoms with Gasteiger partial charge in [-0.2, -0.15) is 0 Å². The van der Waals surface area contributed by atoms with E-state index in [-0.39, 0.29) is 6.42 Å². The van der Waals surface area contributed by atoms with E-state index in [0.29, 0.717) is 6.54 Å². The van der Waals surface area contributed by atoms with Gasteiger partial charge in [-0.3, -0.25) is 0 Å². The molecule has 1 unspecified atom stereocenters. The van der Waals surface area contributed by atoms with E-state index < -0.39 is 31.6 Å². The Morgan fingerprint density at radius 3 is 2.69 bits per heavy atom. The fourth-order valence-electron chi connectivity index (χ4n) is 1.21. The Morgan fingerprint density at radius 1 is 1.46 bits per heavy atom. The lowest BCUT2D eigenvalue weighted by atomic mass is 10.1. The van der Waals surface area contributed by atoms with Gasteiger partial charge in [0, 0.05) is 0 Å². The van der Waals surface area contributed by atoms with Gasteiger partial charge in [0.2, 0.25) is 0 Å². The largest absolute Gasteiger partial charge is 0.366 e. The number of hydrogen-bond donors (Lipinski definition) is 1. The lowest BCUT2D eigenvalue weighted by Crippen LogP contribution is -2.51. The van der Waals surface area contributed by atoms with Gasteiger partial charge in [0.1, 0.15) is 12.7 Å². The summed E-state index contributed by atoms with van der Waals surface area (Å²) in [4.78, 5) is 0. The Hall–Kier alpha value is -0.360. The van der Waals surface area contributed by atoms with E-state index in [1.54, 1.807) is 0 Å². The highest BCUT2D eigenvalue weighted by molar-refractivity contribution is 4.85. The van der Waals surface area contributed by atoms with Crippen LogP contribution in [-0.4, -0.2) is 38.1 Å². The Kier molecular flexibility index (Phi) is 3.49. The molecule has 1 fully saturated rings. The second kappa shape index (κ2) is 4.23. The predicted octanol–water partition coefficient (Wildman–Crippen LogP) is 1.27. The number of rotatable bonds is 3. The summed E-state index contributed by atoms with van der Waals surface area (Å²) in [5, 5.41) is 2.48. The smallest absolute Gasteiger partial charge is 0.285 e. The summed E-state index contributed by atoms with van der Waals surface area (Å²) >= 11 is 0. The second-order valence-electron chi connectivity index (χ2n) is 2.94. The average Bonchev–Trinajstić information content (AvgIpc) is 2.01. The Labute approximate surface area is 73.2 Å². The lowest BCUT2D eigenvalue weighted by molar-refractivity contribution is -0.162. The highest BCUT2D eigenvalue weighted by Crippen LogP contribution is 2.26. The summed E-state index contributed by atoms with van der Waals surface area (Å²) in [5.74, 6) is -3.03. The third-order valence-corrected chi connectivity index (χ3v) is 1.84. The summed E-state index contributed by atoms with van der Waals surface area (Å²) in [5.41, 5.74) is 0. The molecular formula is C7H11F4NO. The third-order valence-electron chi connectivity index (χ3n) is 1.84. The van der Waals surface area contributed by atoms with Crippen molar-refractivity contribution in [2.75, 3.05) is 19.7 Å². The molecule has 6 heteroatoms. The summed E-state index contributed by atoms with van der Waals surface area (Å²) in [6, 6.07) is 0. The van der Waals surface area contributed by atoms with Crippen LogP contribution in [0.15, 0.2) is 0 Å². The molecule has 0 aromatic rings. The molecule has 1 saturated heterocycles. The molecule has 2 nitrogen and oxygen atoms in total. The van der Waals surface area contributed by atoms with Gasteiger partial charge in [-0.15, -0.1) is 0 Å². The van der Waals surface area contributed by atoms with Crippen molar-refractivity contribution in [1.29, 1.82) is 0 Å². The van der Waals surface area contributed by atoms with Crippen LogP contribution in [0.25, 0.3) is 0 Å². The van der Waals surface area contributed by atoms with Crippen LogP contribution in [0.5, 0.6) is 0 Å². The minimum absolute atomic E-state index is 0.0692. The molecule has 0 aliphatic carbocycles. The number of halogens is 4. The fraction of sp³-hybridized carbons (Fsp3) is 1.00. The first-order valence-corrected chi connectivity index (χ1v) is 4.00. The van der Waals surface area contributed by atoms with Crippen LogP contribution in [0.2, 0.25) is 0 Å². The van der Waals surface area contributed by atoms with Crippen molar-refractivity contribution in [2.24, 2.45) is 0 Å². The van der Waals surface area contributed by atoms with Crippen molar-refractivity contribution in [2.45, 2.75) is 24.9 Å². The summed E-state index contributed by atoms with van der Waals surface area (Å²) in [6.07, 6.45) is -3.99. The van der Waals surface area contributed by atoms with E-state index in [9.17, 15) is 17.6 Å². The first-order valence-electron chi connectivity index (χ1n) is 4.00. The Morgan fingerprint density at radius 2 is 2.15 bits per heavy atom. The molecule has 13 heavy (non-hydrogen) atoms. The number of hydrogen-bond acceptors (Lipinski definition) is 2. The van der Waals surface area contributed by atoms with E-state index in [1.807, 2.05) is 0 Å². The molecule has 0 aromatic carbocycles. The molecule has 1 atom stereocenters. The van der Waals surface area contributed by atoms with Crippen LogP contribution in [0, 0.1) is 0 Å². The van der Waals surface area contributed by atoms with Gasteiger partial charge >= 0.3 is 0 Å². The minimum Gasteiger partial charge on any atom is -0.366 e. The number of nitrogens with one attached hydrogen (secondary N) is 1. The van der Waals surface area contributed by atoms with Crippen LogP contribution in [0.1, 0.15) is 6.42 Å². The van der Waals surface area contributed by atoms with Crippen molar-refractivity contribution in [3.8, 4) is 0 Å². The van der Waals surface area contributed by atoms with Crippen LogP contribution >= 0.6 is 0 Å². The molecule has 1 heterocycles. The van der Waals surface area contributed by atoms with E-state index in [2.05, 4.69) is 10.1 Å². The third kappa shape index (κ3) is 3.11.